The average molecular weight is 279 g/mol. The molecule has 0 bridgehead atoms. The van der Waals surface area contributed by atoms with E-state index in [0.717, 1.165) is 33.5 Å². The summed E-state index contributed by atoms with van der Waals surface area (Å²) >= 11 is 1.72. The summed E-state index contributed by atoms with van der Waals surface area (Å²) < 4.78 is 0. The molecule has 0 saturated heterocycles. The van der Waals surface area contributed by atoms with Gasteiger partial charge in [0, 0.05) is 21.6 Å². The van der Waals surface area contributed by atoms with Gasteiger partial charge >= 0.3 is 0 Å². The molecule has 98 valence electrons. The summed E-state index contributed by atoms with van der Waals surface area (Å²) in [7, 11) is 0. The monoisotopic (exact) mass is 279 g/mol. The number of carbonyl (C=O) groups excluding carboxylic acids is 1. The van der Waals surface area contributed by atoms with Crippen LogP contribution >= 0.6 is 11.8 Å². The summed E-state index contributed by atoms with van der Waals surface area (Å²) in [5, 5.41) is 1.16. The number of pyridine rings is 1. The summed E-state index contributed by atoms with van der Waals surface area (Å²) in [4.78, 5) is 16.4. The van der Waals surface area contributed by atoms with E-state index in [2.05, 4.69) is 23.2 Å². The Bertz CT molecular complexity index is 737. The number of hydrogen-bond donors (Lipinski definition) is 0. The predicted molar refractivity (Wildman–Crippen MR) is 83.1 cm³/mol. The van der Waals surface area contributed by atoms with E-state index in [1.54, 1.807) is 11.8 Å². The standard InChI is InChI=1S/C17H13NOS/c19-11-13-5-9-16(10-6-13)20-12-15-8-7-14-3-1-2-4-17(14)18-15/h1-11H,12H2. The molecular weight excluding hydrogens is 266 g/mol. The zero-order valence-corrected chi connectivity index (χ0v) is 11.6. The number of para-hydroxylation sites is 1. The normalized spacial score (nSPS) is 10.6. The number of aldehydes is 1. The Labute approximate surface area is 121 Å². The van der Waals surface area contributed by atoms with Crippen LogP contribution in [0.3, 0.4) is 0 Å². The number of thioether (sulfide) groups is 1. The highest BCUT2D eigenvalue weighted by Gasteiger charge is 2.00. The molecule has 0 unspecified atom stereocenters. The first kappa shape index (κ1) is 12.9. The molecule has 0 aliphatic rings. The molecule has 20 heavy (non-hydrogen) atoms. The molecule has 0 amide bonds. The first-order valence-electron chi connectivity index (χ1n) is 6.38. The van der Waals surface area contributed by atoms with Gasteiger partial charge in [-0.05, 0) is 24.3 Å². The smallest absolute Gasteiger partial charge is 0.150 e. The van der Waals surface area contributed by atoms with Crippen LogP contribution in [-0.2, 0) is 5.75 Å². The molecule has 3 heteroatoms. The van der Waals surface area contributed by atoms with Gasteiger partial charge in [0.05, 0.1) is 11.2 Å². The minimum Gasteiger partial charge on any atom is -0.298 e. The van der Waals surface area contributed by atoms with Gasteiger partial charge in [0.2, 0.25) is 0 Å². The maximum atomic E-state index is 10.6. The molecule has 0 aliphatic heterocycles. The first-order valence-corrected chi connectivity index (χ1v) is 7.36. The minimum atomic E-state index is 0.707. The Morgan fingerprint density at radius 3 is 2.55 bits per heavy atom. The van der Waals surface area contributed by atoms with Crippen LogP contribution in [-0.4, -0.2) is 11.3 Å². The lowest BCUT2D eigenvalue weighted by molar-refractivity contribution is 0.112. The number of rotatable bonds is 4. The highest BCUT2D eigenvalue weighted by Crippen LogP contribution is 2.23. The van der Waals surface area contributed by atoms with Gasteiger partial charge in [-0.1, -0.05) is 36.4 Å². The van der Waals surface area contributed by atoms with E-state index in [4.69, 9.17) is 0 Å². The van der Waals surface area contributed by atoms with Crippen LogP contribution in [0.2, 0.25) is 0 Å². The number of aromatic nitrogens is 1. The van der Waals surface area contributed by atoms with Gasteiger partial charge in [-0.3, -0.25) is 9.78 Å². The van der Waals surface area contributed by atoms with Gasteiger partial charge in [0.25, 0.3) is 0 Å². The van der Waals surface area contributed by atoms with Crippen molar-refractivity contribution in [1.29, 1.82) is 0 Å². The lowest BCUT2D eigenvalue weighted by atomic mass is 10.2. The number of carbonyl (C=O) groups is 1. The molecule has 3 aromatic rings. The quantitative estimate of drug-likeness (QED) is 0.525. The van der Waals surface area contributed by atoms with E-state index in [1.165, 1.54) is 0 Å². The zero-order valence-electron chi connectivity index (χ0n) is 10.8. The molecular formula is C17H13NOS. The largest absolute Gasteiger partial charge is 0.298 e. The molecule has 0 N–H and O–H groups in total. The summed E-state index contributed by atoms with van der Waals surface area (Å²) in [6.07, 6.45) is 0.860. The minimum absolute atomic E-state index is 0.707. The van der Waals surface area contributed by atoms with Gasteiger partial charge < -0.3 is 0 Å². The fourth-order valence-electron chi connectivity index (χ4n) is 1.99. The van der Waals surface area contributed by atoms with Gasteiger partial charge in [-0.15, -0.1) is 11.8 Å². The van der Waals surface area contributed by atoms with E-state index < -0.39 is 0 Å². The highest BCUT2D eigenvalue weighted by atomic mass is 32.2. The average Bonchev–Trinajstić information content (AvgIpc) is 2.53. The van der Waals surface area contributed by atoms with Crippen LogP contribution in [0.1, 0.15) is 16.1 Å². The first-order chi connectivity index (χ1) is 9.85. The molecule has 3 rings (SSSR count). The van der Waals surface area contributed by atoms with Crippen molar-refractivity contribution in [1.82, 2.24) is 4.98 Å². The fourth-order valence-corrected chi connectivity index (χ4v) is 2.79. The third-order valence-electron chi connectivity index (χ3n) is 3.06. The Balaban J connectivity index is 1.74. The van der Waals surface area contributed by atoms with Gasteiger partial charge in [-0.25, -0.2) is 0 Å². The maximum absolute atomic E-state index is 10.6. The van der Waals surface area contributed by atoms with Crippen LogP contribution in [0, 0.1) is 0 Å². The third-order valence-corrected chi connectivity index (χ3v) is 4.10. The van der Waals surface area contributed by atoms with Crippen molar-refractivity contribution in [2.45, 2.75) is 10.6 Å². The second kappa shape index (κ2) is 5.88. The predicted octanol–water partition coefficient (Wildman–Crippen LogP) is 4.34. The molecule has 2 aromatic carbocycles. The van der Waals surface area contributed by atoms with Gasteiger partial charge in [0.15, 0.2) is 0 Å². The summed E-state index contributed by atoms with van der Waals surface area (Å²) in [6.45, 7) is 0. The highest BCUT2D eigenvalue weighted by molar-refractivity contribution is 7.98. The van der Waals surface area contributed by atoms with Crippen LogP contribution < -0.4 is 0 Å². The Kier molecular flexibility index (Phi) is 3.79. The van der Waals surface area contributed by atoms with Gasteiger partial charge in [-0.2, -0.15) is 0 Å². The molecule has 1 aromatic heterocycles. The second-order valence-corrected chi connectivity index (χ2v) is 5.52. The van der Waals surface area contributed by atoms with E-state index >= 15 is 0 Å². The van der Waals surface area contributed by atoms with Gasteiger partial charge in [0.1, 0.15) is 6.29 Å². The Morgan fingerprint density at radius 2 is 1.75 bits per heavy atom. The fraction of sp³-hybridized carbons (Fsp3) is 0.0588. The van der Waals surface area contributed by atoms with Crippen molar-refractivity contribution in [2.75, 3.05) is 0 Å². The molecule has 0 spiro atoms. The molecule has 0 saturated carbocycles. The number of fused-ring (bicyclic) bond motifs is 1. The van der Waals surface area contributed by atoms with Crippen LogP contribution in [0.15, 0.2) is 65.6 Å². The van der Waals surface area contributed by atoms with Crippen molar-refractivity contribution >= 4 is 29.0 Å². The van der Waals surface area contributed by atoms with Crippen molar-refractivity contribution in [3.8, 4) is 0 Å². The zero-order chi connectivity index (χ0) is 13.8. The van der Waals surface area contributed by atoms with Crippen LogP contribution in [0.25, 0.3) is 10.9 Å². The summed E-state index contributed by atoms with van der Waals surface area (Å²) in [5.41, 5.74) is 2.80. The summed E-state index contributed by atoms with van der Waals surface area (Å²) in [6, 6.07) is 19.9. The Morgan fingerprint density at radius 1 is 0.950 bits per heavy atom. The van der Waals surface area contributed by atoms with Crippen molar-refractivity contribution < 1.29 is 4.79 Å². The molecule has 2 nitrogen and oxygen atoms in total. The lowest BCUT2D eigenvalue weighted by Crippen LogP contribution is -1.88. The molecule has 0 aliphatic carbocycles. The Hall–Kier alpha value is -2.13. The molecule has 0 atom stereocenters. The van der Waals surface area contributed by atoms with E-state index in [9.17, 15) is 4.79 Å². The molecule has 0 fully saturated rings. The van der Waals surface area contributed by atoms with Crippen molar-refractivity contribution in [3.05, 3.63) is 71.9 Å². The number of hydrogen-bond acceptors (Lipinski definition) is 3. The van der Waals surface area contributed by atoms with E-state index in [0.29, 0.717) is 5.56 Å². The molecule has 0 radical (unpaired) electrons. The van der Waals surface area contributed by atoms with E-state index in [1.807, 2.05) is 42.5 Å². The number of benzene rings is 2. The summed E-state index contributed by atoms with van der Waals surface area (Å²) in [5.74, 6) is 0.825. The number of nitrogens with zero attached hydrogens (tertiary/aromatic N) is 1. The van der Waals surface area contributed by atoms with E-state index in [-0.39, 0.29) is 0 Å². The second-order valence-electron chi connectivity index (χ2n) is 4.47. The maximum Gasteiger partial charge on any atom is 0.150 e. The molecule has 1 heterocycles. The van der Waals surface area contributed by atoms with Crippen LogP contribution in [0.5, 0.6) is 0 Å². The lowest BCUT2D eigenvalue weighted by Gasteiger charge is -2.03. The van der Waals surface area contributed by atoms with Crippen molar-refractivity contribution in [2.24, 2.45) is 0 Å². The SMILES string of the molecule is O=Cc1ccc(SCc2ccc3ccccc3n2)cc1. The topological polar surface area (TPSA) is 30.0 Å². The third kappa shape index (κ3) is 2.89. The van der Waals surface area contributed by atoms with Crippen LogP contribution in [0.4, 0.5) is 0 Å². The van der Waals surface area contributed by atoms with Crippen molar-refractivity contribution in [3.63, 3.8) is 0 Å².